The van der Waals surface area contributed by atoms with Crippen LogP contribution in [0.1, 0.15) is 11.4 Å². The van der Waals surface area contributed by atoms with E-state index < -0.39 is 0 Å². The minimum absolute atomic E-state index is 0.563. The van der Waals surface area contributed by atoms with Crippen LogP contribution in [0.4, 0.5) is 0 Å². The van der Waals surface area contributed by atoms with Crippen molar-refractivity contribution < 1.29 is 4.74 Å². The molecule has 0 atom stereocenters. The molecule has 0 saturated carbocycles. The highest BCUT2D eigenvalue weighted by atomic mass is 16.5. The maximum Gasteiger partial charge on any atom is 0.160 e. The number of aryl methyl sites for hydroxylation is 1. The van der Waals surface area contributed by atoms with Crippen LogP contribution in [0.3, 0.4) is 0 Å². The van der Waals surface area contributed by atoms with Crippen LogP contribution in [0.25, 0.3) is 16.8 Å². The highest BCUT2D eigenvalue weighted by molar-refractivity contribution is 5.66. The zero-order chi connectivity index (χ0) is 16.4. The van der Waals surface area contributed by atoms with Crippen LogP contribution >= 0.6 is 0 Å². The summed E-state index contributed by atoms with van der Waals surface area (Å²) in [6.45, 7) is 2.51. The minimum Gasteiger partial charge on any atom is -0.489 e. The Morgan fingerprint density at radius 1 is 0.875 bits per heavy atom. The normalized spacial score (nSPS) is 10.9. The van der Waals surface area contributed by atoms with Crippen LogP contribution in [0.5, 0.6) is 5.75 Å². The average molecular weight is 315 g/mol. The van der Waals surface area contributed by atoms with Crippen LogP contribution < -0.4 is 4.74 Å². The molecule has 0 aliphatic carbocycles. The van der Waals surface area contributed by atoms with Gasteiger partial charge in [0.15, 0.2) is 5.65 Å². The van der Waals surface area contributed by atoms with Crippen LogP contribution in [0, 0.1) is 6.92 Å². The number of benzene rings is 2. The first kappa shape index (κ1) is 14.5. The lowest BCUT2D eigenvalue weighted by atomic mass is 10.1. The third-order valence-electron chi connectivity index (χ3n) is 3.99. The van der Waals surface area contributed by atoms with Crippen LogP contribution in [-0.4, -0.2) is 14.6 Å². The van der Waals surface area contributed by atoms with Crippen molar-refractivity contribution in [2.45, 2.75) is 13.5 Å². The van der Waals surface area contributed by atoms with Gasteiger partial charge < -0.3 is 4.74 Å². The molecule has 2 heterocycles. The number of nitrogens with zero attached hydrogens (tertiary/aromatic N) is 3. The monoisotopic (exact) mass is 315 g/mol. The van der Waals surface area contributed by atoms with E-state index in [1.54, 1.807) is 0 Å². The molecule has 0 N–H and O–H groups in total. The molecule has 24 heavy (non-hydrogen) atoms. The summed E-state index contributed by atoms with van der Waals surface area (Å²) < 4.78 is 7.91. The Bertz CT molecular complexity index is 977. The van der Waals surface area contributed by atoms with E-state index in [2.05, 4.69) is 46.7 Å². The molecule has 0 saturated heterocycles. The third-order valence-corrected chi connectivity index (χ3v) is 3.99. The number of aromatic nitrogens is 3. The van der Waals surface area contributed by atoms with E-state index in [0.717, 1.165) is 33.9 Å². The highest BCUT2D eigenvalue weighted by Crippen LogP contribution is 2.25. The summed E-state index contributed by atoms with van der Waals surface area (Å²) in [5, 5.41) is 8.22. The second kappa shape index (κ2) is 6.16. The fourth-order valence-electron chi connectivity index (χ4n) is 2.68. The van der Waals surface area contributed by atoms with Crippen molar-refractivity contribution in [3.63, 3.8) is 0 Å². The van der Waals surface area contributed by atoms with E-state index in [4.69, 9.17) is 4.74 Å². The molecule has 4 nitrogen and oxygen atoms in total. The topological polar surface area (TPSA) is 39.4 Å². The zero-order valence-corrected chi connectivity index (χ0v) is 13.4. The van der Waals surface area contributed by atoms with Gasteiger partial charge in [-0.2, -0.15) is 0 Å². The van der Waals surface area contributed by atoms with Crippen LogP contribution in [0.15, 0.2) is 72.9 Å². The summed E-state index contributed by atoms with van der Waals surface area (Å²) >= 11 is 0. The third kappa shape index (κ3) is 2.86. The molecule has 0 bridgehead atoms. The highest BCUT2D eigenvalue weighted by Gasteiger charge is 2.05. The van der Waals surface area contributed by atoms with E-state index in [0.29, 0.717) is 6.61 Å². The first-order valence-corrected chi connectivity index (χ1v) is 7.88. The van der Waals surface area contributed by atoms with Gasteiger partial charge in [-0.15, -0.1) is 10.2 Å². The minimum atomic E-state index is 0.563. The SMILES string of the molecule is Cc1nnc2ccc(-c3cccc(OCc4ccccc4)c3)cn12. The van der Waals surface area contributed by atoms with Crippen LogP contribution in [-0.2, 0) is 6.61 Å². The largest absolute Gasteiger partial charge is 0.489 e. The second-order valence-electron chi connectivity index (χ2n) is 5.70. The van der Waals surface area contributed by atoms with Crippen LogP contribution in [0.2, 0.25) is 0 Å². The number of hydrogen-bond acceptors (Lipinski definition) is 3. The lowest BCUT2D eigenvalue weighted by Gasteiger charge is -2.09. The van der Waals surface area contributed by atoms with Crippen molar-refractivity contribution in [1.82, 2.24) is 14.6 Å². The molecule has 4 aromatic rings. The molecule has 2 aromatic heterocycles. The summed E-state index contributed by atoms with van der Waals surface area (Å²) in [6, 6.07) is 22.3. The molecule has 0 unspecified atom stereocenters. The fraction of sp³-hybridized carbons (Fsp3) is 0.100. The van der Waals surface area contributed by atoms with Gasteiger partial charge in [0.05, 0.1) is 0 Å². The fourth-order valence-corrected chi connectivity index (χ4v) is 2.68. The standard InChI is InChI=1S/C20H17N3O/c1-15-21-22-20-11-10-18(13-23(15)20)17-8-5-9-19(12-17)24-14-16-6-3-2-4-7-16/h2-13H,14H2,1H3. The molecule has 0 fully saturated rings. The summed E-state index contributed by atoms with van der Waals surface area (Å²) in [5.74, 6) is 1.74. The molecule has 0 aliphatic heterocycles. The maximum absolute atomic E-state index is 5.92. The van der Waals surface area contributed by atoms with Gasteiger partial charge in [-0.1, -0.05) is 42.5 Å². The lowest BCUT2D eigenvalue weighted by Crippen LogP contribution is -1.95. The average Bonchev–Trinajstić information content (AvgIpc) is 3.02. The predicted octanol–water partition coefficient (Wildman–Crippen LogP) is 4.28. The quantitative estimate of drug-likeness (QED) is 0.564. The van der Waals surface area contributed by atoms with E-state index in [-0.39, 0.29) is 0 Å². The summed E-state index contributed by atoms with van der Waals surface area (Å²) in [6.07, 6.45) is 2.06. The van der Waals surface area contributed by atoms with Gasteiger partial charge in [-0.05, 0) is 47.9 Å². The number of fused-ring (bicyclic) bond motifs is 1. The van der Waals surface area contributed by atoms with Gasteiger partial charge in [-0.3, -0.25) is 4.40 Å². The summed E-state index contributed by atoms with van der Waals surface area (Å²) in [5.41, 5.74) is 4.23. The Morgan fingerprint density at radius 2 is 1.75 bits per heavy atom. The molecule has 0 spiro atoms. The Balaban J connectivity index is 1.60. The summed E-state index contributed by atoms with van der Waals surface area (Å²) in [4.78, 5) is 0. The Morgan fingerprint density at radius 3 is 2.62 bits per heavy atom. The van der Waals surface area contributed by atoms with Crippen molar-refractivity contribution in [3.05, 3.63) is 84.3 Å². The van der Waals surface area contributed by atoms with Gasteiger partial charge in [-0.25, -0.2) is 0 Å². The van der Waals surface area contributed by atoms with Gasteiger partial charge in [0.1, 0.15) is 18.2 Å². The Hall–Kier alpha value is -3.14. The first-order chi connectivity index (χ1) is 11.8. The molecular weight excluding hydrogens is 298 g/mol. The zero-order valence-electron chi connectivity index (χ0n) is 13.4. The molecule has 2 aromatic carbocycles. The molecule has 0 amide bonds. The molecule has 4 rings (SSSR count). The molecule has 118 valence electrons. The second-order valence-corrected chi connectivity index (χ2v) is 5.70. The van der Waals surface area contributed by atoms with E-state index >= 15 is 0 Å². The van der Waals surface area contributed by atoms with Gasteiger partial charge in [0.25, 0.3) is 0 Å². The van der Waals surface area contributed by atoms with Gasteiger partial charge >= 0.3 is 0 Å². The Labute approximate surface area is 140 Å². The predicted molar refractivity (Wildman–Crippen MR) is 93.9 cm³/mol. The van der Waals surface area contributed by atoms with Gasteiger partial charge in [0, 0.05) is 6.20 Å². The van der Waals surface area contributed by atoms with Crippen molar-refractivity contribution in [2.75, 3.05) is 0 Å². The molecular formula is C20H17N3O. The first-order valence-electron chi connectivity index (χ1n) is 7.88. The molecule has 0 radical (unpaired) electrons. The van der Waals surface area contributed by atoms with Gasteiger partial charge in [0.2, 0.25) is 0 Å². The lowest BCUT2D eigenvalue weighted by molar-refractivity contribution is 0.306. The van der Waals surface area contributed by atoms with E-state index in [9.17, 15) is 0 Å². The Kier molecular flexibility index (Phi) is 3.71. The van der Waals surface area contributed by atoms with E-state index in [1.165, 1.54) is 0 Å². The summed E-state index contributed by atoms with van der Waals surface area (Å²) in [7, 11) is 0. The van der Waals surface area contributed by atoms with Crippen molar-refractivity contribution in [1.29, 1.82) is 0 Å². The van der Waals surface area contributed by atoms with Crippen molar-refractivity contribution in [2.24, 2.45) is 0 Å². The molecule has 4 heteroatoms. The van der Waals surface area contributed by atoms with Crippen molar-refractivity contribution >= 4 is 5.65 Å². The number of rotatable bonds is 4. The number of pyridine rings is 1. The number of hydrogen-bond donors (Lipinski definition) is 0. The van der Waals surface area contributed by atoms with Crippen molar-refractivity contribution in [3.8, 4) is 16.9 Å². The number of ether oxygens (including phenoxy) is 1. The maximum atomic E-state index is 5.92. The smallest absolute Gasteiger partial charge is 0.160 e. The molecule has 0 aliphatic rings. The van der Waals surface area contributed by atoms with E-state index in [1.807, 2.05) is 47.7 Å².